The lowest BCUT2D eigenvalue weighted by atomic mass is 10.0. The van der Waals surface area contributed by atoms with Crippen LogP contribution >= 0.6 is 0 Å². The van der Waals surface area contributed by atoms with Gasteiger partial charge in [-0.1, -0.05) is 6.58 Å². The Bertz CT molecular complexity index is 376. The van der Waals surface area contributed by atoms with Crippen LogP contribution in [0, 0.1) is 0 Å². The van der Waals surface area contributed by atoms with Gasteiger partial charge in [0, 0.05) is 0 Å². The van der Waals surface area contributed by atoms with Crippen molar-refractivity contribution in [3.63, 3.8) is 0 Å². The fourth-order valence-electron chi connectivity index (χ4n) is 2.67. The van der Waals surface area contributed by atoms with Gasteiger partial charge in [-0.05, 0) is 33.3 Å². The van der Waals surface area contributed by atoms with Crippen molar-refractivity contribution in [3.8, 4) is 0 Å². The Hall–Kier alpha value is -0.460. The van der Waals surface area contributed by atoms with Crippen LogP contribution in [0.5, 0.6) is 0 Å². The van der Waals surface area contributed by atoms with Gasteiger partial charge in [0.05, 0.1) is 6.61 Å². The molecule has 3 aliphatic heterocycles. The predicted octanol–water partition coefficient (Wildman–Crippen LogP) is 1.57. The van der Waals surface area contributed by atoms with Gasteiger partial charge < -0.3 is 23.7 Å². The highest BCUT2D eigenvalue weighted by Gasteiger charge is 2.54. The van der Waals surface area contributed by atoms with Crippen LogP contribution in [-0.4, -0.2) is 42.8 Å². The lowest BCUT2D eigenvalue weighted by Gasteiger charge is -2.24. The first-order valence-corrected chi connectivity index (χ1v) is 6.29. The van der Waals surface area contributed by atoms with Gasteiger partial charge in [-0.2, -0.15) is 0 Å². The van der Waals surface area contributed by atoms with Gasteiger partial charge in [0.1, 0.15) is 18.3 Å². The number of ether oxygens (including phenoxy) is 5. The monoisotopic (exact) mass is 256 g/mol. The molecule has 3 heterocycles. The fraction of sp³-hybridized carbons (Fsp3) is 0.846. The zero-order chi connectivity index (χ0) is 13.1. The molecule has 0 amide bonds. The van der Waals surface area contributed by atoms with Crippen LogP contribution in [0.4, 0.5) is 0 Å². The Balaban J connectivity index is 1.70. The molecule has 0 N–H and O–H groups in total. The van der Waals surface area contributed by atoms with Crippen molar-refractivity contribution in [2.75, 3.05) is 6.61 Å². The van der Waals surface area contributed by atoms with E-state index in [1.165, 1.54) is 0 Å². The molecule has 5 heteroatoms. The van der Waals surface area contributed by atoms with Gasteiger partial charge in [-0.3, -0.25) is 0 Å². The third-order valence-corrected chi connectivity index (χ3v) is 3.44. The first-order valence-electron chi connectivity index (χ1n) is 6.29. The lowest BCUT2D eigenvalue weighted by molar-refractivity contribution is -0.215. The minimum Gasteiger partial charge on any atom is -0.348 e. The van der Waals surface area contributed by atoms with E-state index in [4.69, 9.17) is 23.7 Å². The maximum absolute atomic E-state index is 5.86. The molecule has 4 atom stereocenters. The van der Waals surface area contributed by atoms with E-state index in [1.54, 1.807) is 0 Å². The van der Waals surface area contributed by atoms with Crippen LogP contribution in [-0.2, 0) is 23.7 Å². The minimum atomic E-state index is -0.616. The van der Waals surface area contributed by atoms with Crippen LogP contribution in [0.25, 0.3) is 0 Å². The zero-order valence-corrected chi connectivity index (χ0v) is 11.3. The minimum absolute atomic E-state index is 0.145. The summed E-state index contributed by atoms with van der Waals surface area (Å²) in [5.41, 5.74) is 0.872. The van der Waals surface area contributed by atoms with Crippen molar-refractivity contribution in [1.29, 1.82) is 0 Å². The van der Waals surface area contributed by atoms with E-state index in [-0.39, 0.29) is 24.6 Å². The van der Waals surface area contributed by atoms with Gasteiger partial charge >= 0.3 is 0 Å². The Morgan fingerprint density at radius 2 is 1.72 bits per heavy atom. The SMILES string of the molecule is C=C1[C@H]2OC(C)(C)O[C@H]2O[C@@H]1[C@H]1COC(C)(C)O1. The third-order valence-electron chi connectivity index (χ3n) is 3.44. The van der Waals surface area contributed by atoms with Crippen LogP contribution in [0.3, 0.4) is 0 Å². The smallest absolute Gasteiger partial charge is 0.191 e. The van der Waals surface area contributed by atoms with Crippen molar-refractivity contribution in [2.24, 2.45) is 0 Å². The highest BCUT2D eigenvalue weighted by atomic mass is 16.8. The summed E-state index contributed by atoms with van der Waals surface area (Å²) in [6, 6.07) is 0. The largest absolute Gasteiger partial charge is 0.348 e. The van der Waals surface area contributed by atoms with E-state index in [1.807, 2.05) is 27.7 Å². The summed E-state index contributed by atoms with van der Waals surface area (Å²) in [5.74, 6) is -1.18. The molecule has 0 radical (unpaired) electrons. The summed E-state index contributed by atoms with van der Waals surface area (Å²) in [4.78, 5) is 0. The maximum Gasteiger partial charge on any atom is 0.191 e. The molecule has 0 aromatic heterocycles. The van der Waals surface area contributed by atoms with Crippen molar-refractivity contribution in [2.45, 2.75) is 63.9 Å². The Morgan fingerprint density at radius 1 is 1.00 bits per heavy atom. The molecule has 0 aromatic carbocycles. The Morgan fingerprint density at radius 3 is 2.28 bits per heavy atom. The molecule has 102 valence electrons. The summed E-state index contributed by atoms with van der Waals surface area (Å²) >= 11 is 0. The maximum atomic E-state index is 5.86. The van der Waals surface area contributed by atoms with Gasteiger partial charge in [0.2, 0.25) is 0 Å². The molecule has 5 nitrogen and oxygen atoms in total. The van der Waals surface area contributed by atoms with E-state index < -0.39 is 11.6 Å². The van der Waals surface area contributed by atoms with Gasteiger partial charge in [0.25, 0.3) is 0 Å². The second-order valence-corrected chi connectivity index (χ2v) is 5.92. The van der Waals surface area contributed by atoms with Crippen LogP contribution in [0.15, 0.2) is 12.2 Å². The van der Waals surface area contributed by atoms with Crippen LogP contribution < -0.4 is 0 Å². The van der Waals surface area contributed by atoms with Crippen LogP contribution in [0.2, 0.25) is 0 Å². The molecule has 0 aliphatic carbocycles. The Labute approximate surface area is 107 Å². The average Bonchev–Trinajstić information content (AvgIpc) is 2.81. The predicted molar refractivity (Wildman–Crippen MR) is 62.7 cm³/mol. The van der Waals surface area contributed by atoms with Crippen molar-refractivity contribution >= 4 is 0 Å². The van der Waals surface area contributed by atoms with E-state index in [9.17, 15) is 0 Å². The molecule has 3 aliphatic rings. The standard InChI is InChI=1S/C13H20O5/c1-7-9(8-6-14-12(2,3)16-8)15-11-10(7)17-13(4,5)18-11/h8-11H,1,6H2,2-5H3/t8-,9+,10-,11-/m1/s1. The highest BCUT2D eigenvalue weighted by Crippen LogP contribution is 2.42. The molecule has 0 spiro atoms. The molecule has 0 unspecified atom stereocenters. The van der Waals surface area contributed by atoms with Gasteiger partial charge in [-0.25, -0.2) is 0 Å². The van der Waals surface area contributed by atoms with Crippen molar-refractivity contribution in [1.82, 2.24) is 0 Å². The Kier molecular flexibility index (Phi) is 2.63. The molecule has 3 fully saturated rings. The van der Waals surface area contributed by atoms with E-state index in [2.05, 4.69) is 6.58 Å². The number of fused-ring (bicyclic) bond motifs is 1. The van der Waals surface area contributed by atoms with Gasteiger partial charge in [-0.15, -0.1) is 0 Å². The summed E-state index contributed by atoms with van der Waals surface area (Å²) in [6.45, 7) is 12.1. The van der Waals surface area contributed by atoms with Crippen LogP contribution in [0.1, 0.15) is 27.7 Å². The molecule has 18 heavy (non-hydrogen) atoms. The number of rotatable bonds is 1. The molecular weight excluding hydrogens is 236 g/mol. The van der Waals surface area contributed by atoms with E-state index in [0.717, 1.165) is 5.57 Å². The molecular formula is C13H20O5. The first-order chi connectivity index (χ1) is 8.27. The normalized spacial score (nSPS) is 45.4. The quantitative estimate of drug-likeness (QED) is 0.666. The average molecular weight is 256 g/mol. The third kappa shape index (κ3) is 2.00. The van der Waals surface area contributed by atoms with Gasteiger partial charge in [0.15, 0.2) is 17.9 Å². The van der Waals surface area contributed by atoms with Crippen molar-refractivity contribution in [3.05, 3.63) is 12.2 Å². The first kappa shape index (κ1) is 12.6. The number of hydrogen-bond acceptors (Lipinski definition) is 5. The second-order valence-electron chi connectivity index (χ2n) is 5.92. The molecule has 0 saturated carbocycles. The van der Waals surface area contributed by atoms with Crippen molar-refractivity contribution < 1.29 is 23.7 Å². The van der Waals surface area contributed by atoms with E-state index in [0.29, 0.717) is 6.61 Å². The topological polar surface area (TPSA) is 46.2 Å². The molecule has 0 aromatic rings. The fourth-order valence-corrected chi connectivity index (χ4v) is 2.67. The summed E-state index contributed by atoms with van der Waals surface area (Å²) in [7, 11) is 0. The second kappa shape index (κ2) is 3.77. The summed E-state index contributed by atoms with van der Waals surface area (Å²) in [6.07, 6.45) is -0.964. The lowest BCUT2D eigenvalue weighted by Crippen LogP contribution is -2.34. The summed E-state index contributed by atoms with van der Waals surface area (Å²) < 4.78 is 28.7. The zero-order valence-electron chi connectivity index (χ0n) is 11.3. The molecule has 0 bridgehead atoms. The number of hydrogen-bond donors (Lipinski definition) is 0. The molecule has 3 saturated heterocycles. The molecule has 3 rings (SSSR count). The van der Waals surface area contributed by atoms with E-state index >= 15 is 0 Å². The highest BCUT2D eigenvalue weighted by molar-refractivity contribution is 5.20. The summed E-state index contributed by atoms with van der Waals surface area (Å²) in [5, 5.41) is 0.